The first-order valence-corrected chi connectivity index (χ1v) is 5.70. The molecule has 0 spiro atoms. The van der Waals surface area contributed by atoms with Crippen molar-refractivity contribution >= 4 is 11.9 Å². The van der Waals surface area contributed by atoms with Crippen molar-refractivity contribution in [3.63, 3.8) is 0 Å². The van der Waals surface area contributed by atoms with Crippen LogP contribution in [0, 0.1) is 5.92 Å². The van der Waals surface area contributed by atoms with Crippen molar-refractivity contribution in [3.05, 3.63) is 0 Å². The fraction of sp³-hybridized carbons (Fsp3) is 0.818. The quantitative estimate of drug-likeness (QED) is 0.570. The zero-order chi connectivity index (χ0) is 12.6. The average molecular weight is 230 g/mol. The van der Waals surface area contributed by atoms with Crippen molar-refractivity contribution in [2.24, 2.45) is 5.92 Å². The largest absolute Gasteiger partial charge is 0.480 e. The lowest BCUT2D eigenvalue weighted by Gasteiger charge is -2.17. The van der Waals surface area contributed by atoms with Gasteiger partial charge in [-0.05, 0) is 13.5 Å². The molecule has 94 valence electrons. The topological polar surface area (TPSA) is 78.4 Å². The van der Waals surface area contributed by atoms with Gasteiger partial charge in [-0.2, -0.15) is 0 Å². The first kappa shape index (κ1) is 14.9. The Balaban J connectivity index is 4.17. The Labute approximate surface area is 96.6 Å². The van der Waals surface area contributed by atoms with Gasteiger partial charge in [-0.15, -0.1) is 0 Å². The van der Waals surface area contributed by atoms with Gasteiger partial charge in [-0.25, -0.2) is 4.79 Å². The Morgan fingerprint density at radius 2 is 2.00 bits per heavy atom. The summed E-state index contributed by atoms with van der Waals surface area (Å²) in [4.78, 5) is 22.5. The molecule has 1 amide bonds. The van der Waals surface area contributed by atoms with Crippen molar-refractivity contribution < 1.29 is 14.7 Å². The lowest BCUT2D eigenvalue weighted by molar-refractivity contribution is -0.142. The van der Waals surface area contributed by atoms with Crippen LogP contribution >= 0.6 is 0 Å². The van der Waals surface area contributed by atoms with Crippen molar-refractivity contribution in [3.8, 4) is 0 Å². The Kier molecular flexibility index (Phi) is 7.54. The van der Waals surface area contributed by atoms with Crippen LogP contribution in [0.1, 0.15) is 33.1 Å². The van der Waals surface area contributed by atoms with Crippen LogP contribution in [0.4, 0.5) is 0 Å². The predicted molar refractivity (Wildman–Crippen MR) is 62.2 cm³/mol. The summed E-state index contributed by atoms with van der Waals surface area (Å²) in [7, 11) is 1.76. The lowest BCUT2D eigenvalue weighted by Crippen LogP contribution is -2.44. The maximum Gasteiger partial charge on any atom is 0.326 e. The number of carbonyl (C=O) groups excluding carboxylic acids is 1. The molecular weight excluding hydrogens is 208 g/mol. The molecule has 0 heterocycles. The zero-order valence-corrected chi connectivity index (χ0v) is 10.2. The van der Waals surface area contributed by atoms with E-state index in [1.165, 1.54) is 0 Å². The standard InChI is InChI=1S/C11H22N2O3/c1-4-5-6-9(11(15)16)13-10(14)8(2)7-12-3/h8-9,12H,4-7H2,1-3H3,(H,13,14)(H,15,16)/t8?,9-/m0/s1. The molecule has 5 nitrogen and oxygen atoms in total. The number of hydrogen-bond donors (Lipinski definition) is 3. The number of nitrogens with one attached hydrogen (secondary N) is 2. The number of unbranched alkanes of at least 4 members (excludes halogenated alkanes) is 1. The summed E-state index contributed by atoms with van der Waals surface area (Å²) in [6, 6.07) is -0.758. The maximum atomic E-state index is 11.6. The monoisotopic (exact) mass is 230 g/mol. The smallest absolute Gasteiger partial charge is 0.326 e. The van der Waals surface area contributed by atoms with E-state index >= 15 is 0 Å². The fourth-order valence-corrected chi connectivity index (χ4v) is 1.38. The highest BCUT2D eigenvalue weighted by atomic mass is 16.4. The Morgan fingerprint density at radius 3 is 2.44 bits per heavy atom. The number of rotatable bonds is 8. The van der Waals surface area contributed by atoms with Gasteiger partial charge < -0.3 is 15.7 Å². The van der Waals surface area contributed by atoms with Gasteiger partial charge in [0.25, 0.3) is 0 Å². The number of aliphatic carboxylic acids is 1. The average Bonchev–Trinajstić information content (AvgIpc) is 2.23. The zero-order valence-electron chi connectivity index (χ0n) is 10.2. The summed E-state index contributed by atoms with van der Waals surface area (Å²) in [6.45, 7) is 4.31. The highest BCUT2D eigenvalue weighted by Crippen LogP contribution is 2.02. The summed E-state index contributed by atoms with van der Waals surface area (Å²) in [6.07, 6.45) is 2.22. The maximum absolute atomic E-state index is 11.6. The lowest BCUT2D eigenvalue weighted by atomic mass is 10.1. The molecule has 2 atom stereocenters. The van der Waals surface area contributed by atoms with Crippen LogP contribution in [0.25, 0.3) is 0 Å². The van der Waals surface area contributed by atoms with Crippen LogP contribution in [0.5, 0.6) is 0 Å². The van der Waals surface area contributed by atoms with E-state index in [1.807, 2.05) is 6.92 Å². The van der Waals surface area contributed by atoms with Gasteiger partial charge in [0, 0.05) is 12.5 Å². The van der Waals surface area contributed by atoms with Crippen LogP contribution in [0.3, 0.4) is 0 Å². The van der Waals surface area contributed by atoms with E-state index in [9.17, 15) is 9.59 Å². The molecule has 5 heteroatoms. The summed E-state index contributed by atoms with van der Waals surface area (Å²) in [5, 5.41) is 14.4. The Hall–Kier alpha value is -1.10. The van der Waals surface area contributed by atoms with Crippen LogP contribution in [-0.4, -0.2) is 36.6 Å². The second-order valence-corrected chi connectivity index (χ2v) is 4.00. The summed E-state index contributed by atoms with van der Waals surface area (Å²) >= 11 is 0. The Bertz CT molecular complexity index is 231. The number of hydrogen-bond acceptors (Lipinski definition) is 3. The molecule has 0 fully saturated rings. The molecule has 3 N–H and O–H groups in total. The highest BCUT2D eigenvalue weighted by Gasteiger charge is 2.21. The SMILES string of the molecule is CCCC[C@H](NC(=O)C(C)CNC)C(=O)O. The first-order chi connectivity index (χ1) is 7.52. The summed E-state index contributed by atoms with van der Waals surface area (Å²) in [5.74, 6) is -1.38. The van der Waals surface area contributed by atoms with E-state index in [-0.39, 0.29) is 11.8 Å². The van der Waals surface area contributed by atoms with Gasteiger partial charge in [-0.3, -0.25) is 4.79 Å². The van der Waals surface area contributed by atoms with E-state index < -0.39 is 12.0 Å². The molecule has 0 rings (SSSR count). The molecule has 0 radical (unpaired) electrons. The van der Waals surface area contributed by atoms with E-state index in [2.05, 4.69) is 10.6 Å². The van der Waals surface area contributed by atoms with Gasteiger partial charge in [0.05, 0.1) is 0 Å². The van der Waals surface area contributed by atoms with Gasteiger partial charge in [0.1, 0.15) is 6.04 Å². The van der Waals surface area contributed by atoms with Crippen LogP contribution in [-0.2, 0) is 9.59 Å². The molecule has 0 saturated heterocycles. The molecule has 0 aromatic heterocycles. The molecular formula is C11H22N2O3. The minimum absolute atomic E-state index is 0.210. The second-order valence-electron chi connectivity index (χ2n) is 4.00. The predicted octanol–water partition coefficient (Wildman–Crippen LogP) is 0.601. The van der Waals surface area contributed by atoms with Crippen LogP contribution in [0.15, 0.2) is 0 Å². The molecule has 0 saturated carbocycles. The molecule has 0 aliphatic rings. The Morgan fingerprint density at radius 1 is 1.38 bits per heavy atom. The molecule has 1 unspecified atom stereocenters. The fourth-order valence-electron chi connectivity index (χ4n) is 1.38. The van der Waals surface area contributed by atoms with E-state index in [0.29, 0.717) is 13.0 Å². The van der Waals surface area contributed by atoms with E-state index in [4.69, 9.17) is 5.11 Å². The number of carboxylic acids is 1. The number of carboxylic acid groups (broad SMARTS) is 1. The molecule has 0 aliphatic heterocycles. The molecule has 16 heavy (non-hydrogen) atoms. The van der Waals surface area contributed by atoms with Gasteiger partial charge in [0.2, 0.25) is 5.91 Å². The summed E-state index contributed by atoms with van der Waals surface area (Å²) < 4.78 is 0. The van der Waals surface area contributed by atoms with Gasteiger partial charge in [-0.1, -0.05) is 26.7 Å². The van der Waals surface area contributed by atoms with Crippen molar-refractivity contribution in [1.29, 1.82) is 0 Å². The number of amides is 1. The van der Waals surface area contributed by atoms with Crippen molar-refractivity contribution in [2.45, 2.75) is 39.2 Å². The molecule has 0 aliphatic carbocycles. The third kappa shape index (κ3) is 5.70. The van der Waals surface area contributed by atoms with Gasteiger partial charge in [0.15, 0.2) is 0 Å². The second kappa shape index (κ2) is 8.10. The van der Waals surface area contributed by atoms with Crippen LogP contribution in [0.2, 0.25) is 0 Å². The van der Waals surface area contributed by atoms with Crippen molar-refractivity contribution in [2.75, 3.05) is 13.6 Å². The molecule has 0 aromatic rings. The van der Waals surface area contributed by atoms with Crippen molar-refractivity contribution in [1.82, 2.24) is 10.6 Å². The van der Waals surface area contributed by atoms with E-state index in [1.54, 1.807) is 14.0 Å². The minimum Gasteiger partial charge on any atom is -0.480 e. The third-order valence-corrected chi connectivity index (χ3v) is 2.42. The third-order valence-electron chi connectivity index (χ3n) is 2.42. The summed E-state index contributed by atoms with van der Waals surface area (Å²) in [5.41, 5.74) is 0. The number of carbonyl (C=O) groups is 2. The first-order valence-electron chi connectivity index (χ1n) is 5.70. The van der Waals surface area contributed by atoms with Gasteiger partial charge >= 0.3 is 5.97 Å². The molecule has 0 aromatic carbocycles. The normalized spacial score (nSPS) is 14.2. The highest BCUT2D eigenvalue weighted by molar-refractivity contribution is 5.84. The molecule has 0 bridgehead atoms. The van der Waals surface area contributed by atoms with Crippen LogP contribution < -0.4 is 10.6 Å². The minimum atomic E-state index is -0.960. The van der Waals surface area contributed by atoms with E-state index in [0.717, 1.165) is 12.8 Å².